The summed E-state index contributed by atoms with van der Waals surface area (Å²) in [6, 6.07) is 38.1. The maximum Gasteiger partial charge on any atom is 0.438 e. The van der Waals surface area contributed by atoms with Gasteiger partial charge in [-0.25, -0.2) is 32.1 Å². The molecule has 87 heavy (non-hydrogen) atoms. The second-order valence-electron chi connectivity index (χ2n) is 19.1. The predicted octanol–water partition coefficient (Wildman–Crippen LogP) is 14.2. The lowest BCUT2D eigenvalue weighted by molar-refractivity contribution is -0.385. The minimum Gasteiger partial charge on any atom is -0.504 e. The normalized spacial score (nSPS) is 13.6. The van der Waals surface area contributed by atoms with E-state index < -0.39 is 69.4 Å². The third-order valence-corrected chi connectivity index (χ3v) is 12.3. The number of carbonyl (C=O) groups excluding carboxylic acids is 1. The number of hydrogen-bond donors (Lipinski definition) is 6. The Bertz CT molecular complexity index is 3550. The van der Waals surface area contributed by atoms with Crippen molar-refractivity contribution in [1.82, 2.24) is 19.6 Å². The van der Waals surface area contributed by atoms with Crippen molar-refractivity contribution in [3.63, 3.8) is 0 Å². The number of nitrogens with zero attached hydrogens (tertiary/aromatic N) is 7. The number of rotatable bonds is 13. The second kappa shape index (κ2) is 31.1. The lowest BCUT2D eigenvalue weighted by Gasteiger charge is -2.34. The van der Waals surface area contributed by atoms with Crippen LogP contribution in [0.25, 0.3) is 11.4 Å². The summed E-state index contributed by atoms with van der Waals surface area (Å²) in [5.74, 6) is -2.10. The number of nitrogens with two attached hydrogens (primary N) is 1. The molecule has 0 aliphatic heterocycles. The first-order valence-electron chi connectivity index (χ1n) is 26.0. The number of nitro groups is 1. The summed E-state index contributed by atoms with van der Waals surface area (Å²) in [6.45, 7) is 7.50. The average molecular weight is 1220 g/mol. The molecule has 0 unspecified atom stereocenters. The van der Waals surface area contributed by atoms with Gasteiger partial charge in [0.2, 0.25) is 11.6 Å². The Morgan fingerprint density at radius 2 is 1.22 bits per heavy atom. The molecule has 1 saturated carbocycles. The number of hydrazone groups is 1. The number of aromatic carboxylic acids is 2. The molecule has 0 spiro atoms. The van der Waals surface area contributed by atoms with E-state index in [1.165, 1.54) is 4.90 Å². The fraction of sp³-hybridized carbons (Fsp3) is 0.220. The monoisotopic (exact) mass is 1220 g/mol. The van der Waals surface area contributed by atoms with E-state index >= 15 is 4.39 Å². The molecular weight excluding hydrogens is 1160 g/mol. The minimum absolute atomic E-state index is 0.0441. The molecule has 0 bridgehead atoms. The number of alkyl halides is 6. The number of carboxylic acid groups (broad SMARTS) is 2. The average Bonchev–Trinajstić information content (AvgIpc) is 1.79. The summed E-state index contributed by atoms with van der Waals surface area (Å²) >= 11 is 0. The van der Waals surface area contributed by atoms with Crippen LogP contribution in [0, 0.1) is 46.3 Å². The first-order chi connectivity index (χ1) is 41.1. The molecule has 2 aromatic heterocycles. The van der Waals surface area contributed by atoms with Crippen LogP contribution in [0.4, 0.5) is 62.3 Å². The number of halogens is 9. The Balaban J connectivity index is 0.000000223. The minimum atomic E-state index is -4.65. The van der Waals surface area contributed by atoms with Gasteiger partial charge in [0.05, 0.1) is 51.7 Å². The van der Waals surface area contributed by atoms with Crippen molar-refractivity contribution in [2.75, 3.05) is 15.8 Å². The van der Waals surface area contributed by atoms with Gasteiger partial charge in [-0.15, -0.1) is 0 Å². The van der Waals surface area contributed by atoms with Gasteiger partial charge in [-0.05, 0) is 107 Å². The molecule has 1 amide bonds. The maximum absolute atomic E-state index is 15.3. The third kappa shape index (κ3) is 20.2. The predicted molar refractivity (Wildman–Crippen MR) is 305 cm³/mol. The van der Waals surface area contributed by atoms with Gasteiger partial charge in [0.15, 0.2) is 34.7 Å². The van der Waals surface area contributed by atoms with E-state index in [1.54, 1.807) is 92.3 Å². The number of amides is 1. The zero-order valence-corrected chi connectivity index (χ0v) is 46.5. The summed E-state index contributed by atoms with van der Waals surface area (Å²) in [6.07, 6.45) is -3.17. The molecule has 1 aliphatic rings. The first kappa shape index (κ1) is 67.5. The van der Waals surface area contributed by atoms with Crippen molar-refractivity contribution >= 4 is 46.8 Å². The van der Waals surface area contributed by atoms with Crippen LogP contribution in [0.2, 0.25) is 0 Å². The van der Waals surface area contributed by atoms with Crippen LogP contribution in [0.1, 0.15) is 78.6 Å². The van der Waals surface area contributed by atoms with E-state index in [0.717, 1.165) is 60.1 Å². The molecule has 1 aliphatic carbocycles. The number of nitrogen functional groups attached to an aromatic ring is 1. The molecule has 7 N–H and O–H groups in total. The molecule has 6 aromatic carbocycles. The third-order valence-electron chi connectivity index (χ3n) is 12.3. The van der Waals surface area contributed by atoms with Crippen LogP contribution in [-0.2, 0) is 11.0 Å². The number of para-hydroxylation sites is 4. The molecule has 0 atom stereocenters. The second-order valence-corrected chi connectivity index (χ2v) is 19.1. The molecule has 0 saturated heterocycles. The highest BCUT2D eigenvalue weighted by atomic mass is 19.4. The number of aromatic hydroxyl groups is 1. The van der Waals surface area contributed by atoms with Gasteiger partial charge in [-0.1, -0.05) is 79.7 Å². The number of carboxylic acids is 2. The highest BCUT2D eigenvalue weighted by Gasteiger charge is 2.38. The molecular formula is C59H57F9N10O9. The van der Waals surface area contributed by atoms with Crippen LogP contribution in [0.5, 0.6) is 17.2 Å². The van der Waals surface area contributed by atoms with Crippen molar-refractivity contribution in [1.29, 1.82) is 0 Å². The van der Waals surface area contributed by atoms with Gasteiger partial charge in [0, 0.05) is 29.8 Å². The van der Waals surface area contributed by atoms with Gasteiger partial charge in [0.1, 0.15) is 17.5 Å². The number of carbonyl (C=O) groups is 3. The van der Waals surface area contributed by atoms with Crippen molar-refractivity contribution in [2.45, 2.75) is 71.8 Å². The van der Waals surface area contributed by atoms with E-state index in [-0.39, 0.29) is 53.2 Å². The van der Waals surface area contributed by atoms with Crippen LogP contribution < -0.4 is 26.3 Å². The molecule has 9 rings (SSSR count). The molecule has 28 heteroatoms. The van der Waals surface area contributed by atoms with Crippen LogP contribution >= 0.6 is 0 Å². The zero-order chi connectivity index (χ0) is 64.2. The number of nitro benzene ring substituents is 1. The number of anilines is 3. The Kier molecular flexibility index (Phi) is 24.1. The van der Waals surface area contributed by atoms with Gasteiger partial charge < -0.3 is 30.4 Å². The van der Waals surface area contributed by atoms with Crippen molar-refractivity contribution in [2.24, 2.45) is 22.8 Å². The largest absolute Gasteiger partial charge is 0.504 e. The fourth-order valence-electron chi connectivity index (χ4n) is 8.09. The van der Waals surface area contributed by atoms with Crippen LogP contribution in [0.3, 0.4) is 0 Å². The number of nitrogens with one attached hydrogen (secondary N) is 2. The van der Waals surface area contributed by atoms with Crippen molar-refractivity contribution in [3.05, 3.63) is 208 Å². The Hall–Kier alpha value is -10.3. The topological polar surface area (TPSA) is 266 Å². The van der Waals surface area contributed by atoms with E-state index in [0.29, 0.717) is 28.7 Å². The van der Waals surface area contributed by atoms with E-state index in [4.69, 9.17) is 20.8 Å². The number of hydrogen-bond acceptors (Lipinski definition) is 13. The smallest absolute Gasteiger partial charge is 0.438 e. The van der Waals surface area contributed by atoms with E-state index in [2.05, 4.69) is 33.1 Å². The van der Waals surface area contributed by atoms with E-state index in [9.17, 15) is 64.7 Å². The molecule has 0 radical (unpaired) electrons. The molecule has 19 nitrogen and oxygen atoms in total. The summed E-state index contributed by atoms with van der Waals surface area (Å²) in [5, 5.41) is 48.5. The van der Waals surface area contributed by atoms with Crippen LogP contribution in [0.15, 0.2) is 163 Å². The number of hydrazine groups is 1. The number of aromatic nitrogens is 4. The lowest BCUT2D eigenvalue weighted by Crippen LogP contribution is -2.43. The van der Waals surface area contributed by atoms with Crippen molar-refractivity contribution < 1.29 is 78.9 Å². The summed E-state index contributed by atoms with van der Waals surface area (Å²) in [4.78, 5) is 46.7. The zero-order valence-electron chi connectivity index (χ0n) is 46.5. The Morgan fingerprint density at radius 3 is 1.67 bits per heavy atom. The molecule has 8 aromatic rings. The number of ether oxygens (including phenoxy) is 1. The molecule has 1 fully saturated rings. The molecule has 2 heterocycles. The van der Waals surface area contributed by atoms with E-state index in [1.807, 2.05) is 60.7 Å². The number of benzene rings is 6. The van der Waals surface area contributed by atoms with Gasteiger partial charge >= 0.3 is 24.3 Å². The fourth-order valence-corrected chi connectivity index (χ4v) is 8.09. The van der Waals surface area contributed by atoms with Crippen molar-refractivity contribution in [3.8, 4) is 28.6 Å². The highest BCUT2D eigenvalue weighted by molar-refractivity contribution is 6.03. The van der Waals surface area contributed by atoms with Crippen LogP contribution in [-0.4, -0.2) is 76.1 Å². The maximum atomic E-state index is 15.3. The highest BCUT2D eigenvalue weighted by Crippen LogP contribution is 2.38. The molecule has 460 valence electrons. The summed E-state index contributed by atoms with van der Waals surface area (Å²) < 4.78 is 120. The SMILES string of the molecule is Cc1nn(-c2ccccc2)cc1Oc1cc(C(=O)O)c(N(C(=O)C2CCC(C)CC2)C(C)C)cc1F.FC(F)(F)/C=N/Nc1ccccc1.NNc1ccccc1.O=C(O)c1cc(F)c(F)cc1[N+](=O)[O-].Oc1cn(-c2ccccc2)nc1C(F)(F)F. The Morgan fingerprint density at radius 1 is 0.724 bits per heavy atom. The van der Waals surface area contributed by atoms with Gasteiger partial charge in [-0.3, -0.25) is 26.2 Å². The van der Waals surface area contributed by atoms with Gasteiger partial charge in [-0.2, -0.15) is 41.6 Å². The quantitative estimate of drug-likeness (QED) is 0.0206. The summed E-state index contributed by atoms with van der Waals surface area (Å²) in [7, 11) is 0. The Labute approximate surface area is 490 Å². The first-order valence-corrected chi connectivity index (χ1v) is 26.0. The standard InChI is InChI=1S/C28H32FN3O4.C10H7F3N2O.C8H7F3N2.C7H3F2NO4.C6H8N2/c1-17(2)32(27(33)20-12-10-18(3)11-13-20)24-15-23(29)25(14-22(24)28(34)35)36-26-16-31(30-19(26)4)21-8-6-5-7-9-21;11-10(12,13)9-8(16)6-15(14-9)7-4-2-1-3-5-7;9-8(10,11)6-12-13-7-4-2-1-3-5-7;8-4-1-3(7(11)12)6(10(13)14)2-5(4)9;7-8-6-4-2-1-3-5-6/h5-9,14-18,20H,10-13H2,1-4H3,(H,34,35);1-6,16H;1-6,13H;1-2H,(H,11,12);1-5,8H,7H2/b;;12-6+;;. The lowest BCUT2D eigenvalue weighted by atomic mass is 9.82. The summed E-state index contributed by atoms with van der Waals surface area (Å²) in [5.41, 5.74) is 4.73. The number of aryl methyl sites for hydroxylation is 1. The van der Waals surface area contributed by atoms with Gasteiger partial charge in [0.25, 0.3) is 5.69 Å².